The van der Waals surface area contributed by atoms with Crippen LogP contribution in [-0.4, -0.2) is 8.42 Å². The number of hydrogen-bond donors (Lipinski definition) is 1. The first-order valence-electron chi connectivity index (χ1n) is 6.49. The van der Waals surface area contributed by atoms with Gasteiger partial charge in [-0.1, -0.05) is 46.9 Å². The number of nitrogens with one attached hydrogen (secondary N) is 1. The van der Waals surface area contributed by atoms with Crippen molar-refractivity contribution in [2.75, 3.05) is 4.72 Å². The van der Waals surface area contributed by atoms with E-state index in [1.54, 1.807) is 24.3 Å². The van der Waals surface area contributed by atoms with Crippen LogP contribution in [0.3, 0.4) is 0 Å². The van der Waals surface area contributed by atoms with Gasteiger partial charge in [0.05, 0.1) is 15.6 Å². The topological polar surface area (TPSA) is 46.2 Å². The van der Waals surface area contributed by atoms with E-state index in [0.717, 1.165) is 22.9 Å². The van der Waals surface area contributed by atoms with Gasteiger partial charge in [0.2, 0.25) is 0 Å². The van der Waals surface area contributed by atoms with Gasteiger partial charge in [0.15, 0.2) is 0 Å². The van der Waals surface area contributed by atoms with Crippen LogP contribution in [0, 0.1) is 0 Å². The number of rotatable bonds is 5. The molecule has 0 bridgehead atoms. The molecule has 1 N–H and O–H groups in total. The Morgan fingerprint density at radius 3 is 2.38 bits per heavy atom. The van der Waals surface area contributed by atoms with E-state index in [9.17, 15) is 8.42 Å². The van der Waals surface area contributed by atoms with E-state index in [-0.39, 0.29) is 4.90 Å². The standard InChI is InChI=1S/C15H15BrClNO2S/c1-2-3-11-4-9-15(14(17)10-11)18-21(19,20)13-7-5-12(16)6-8-13/h4-10,18H,2-3H2,1H3. The SMILES string of the molecule is CCCc1ccc(NS(=O)(=O)c2ccc(Br)cc2)c(Cl)c1. The minimum absolute atomic E-state index is 0.194. The second kappa shape index (κ2) is 6.81. The molecule has 0 spiro atoms. The average Bonchev–Trinajstić information content (AvgIpc) is 2.42. The number of aryl methyl sites for hydroxylation is 1. The van der Waals surface area contributed by atoms with Crippen molar-refractivity contribution in [3.8, 4) is 0 Å². The molecule has 2 aromatic carbocycles. The highest BCUT2D eigenvalue weighted by Gasteiger charge is 2.15. The van der Waals surface area contributed by atoms with E-state index in [1.165, 1.54) is 12.1 Å². The average molecular weight is 389 g/mol. The predicted octanol–water partition coefficient (Wildman–Crippen LogP) is 4.86. The van der Waals surface area contributed by atoms with Gasteiger partial charge in [-0.25, -0.2) is 8.42 Å². The summed E-state index contributed by atoms with van der Waals surface area (Å²) < 4.78 is 27.9. The smallest absolute Gasteiger partial charge is 0.261 e. The van der Waals surface area contributed by atoms with Crippen molar-refractivity contribution in [2.45, 2.75) is 24.7 Å². The third-order valence-electron chi connectivity index (χ3n) is 2.94. The molecule has 0 radical (unpaired) electrons. The predicted molar refractivity (Wildman–Crippen MR) is 90.4 cm³/mol. The second-order valence-corrected chi connectivity index (χ2v) is 7.63. The first kappa shape index (κ1) is 16.3. The summed E-state index contributed by atoms with van der Waals surface area (Å²) >= 11 is 9.43. The van der Waals surface area contributed by atoms with E-state index < -0.39 is 10.0 Å². The number of benzene rings is 2. The van der Waals surface area contributed by atoms with Crippen LogP contribution >= 0.6 is 27.5 Å². The fraction of sp³-hybridized carbons (Fsp3) is 0.200. The lowest BCUT2D eigenvalue weighted by Crippen LogP contribution is -2.13. The Bertz CT molecular complexity index is 730. The van der Waals surface area contributed by atoms with E-state index in [2.05, 4.69) is 27.6 Å². The van der Waals surface area contributed by atoms with Crippen molar-refractivity contribution in [2.24, 2.45) is 0 Å². The zero-order valence-electron chi connectivity index (χ0n) is 11.4. The van der Waals surface area contributed by atoms with Crippen LogP contribution in [0.4, 0.5) is 5.69 Å². The van der Waals surface area contributed by atoms with Crippen molar-refractivity contribution < 1.29 is 8.42 Å². The maximum atomic E-state index is 12.3. The zero-order valence-corrected chi connectivity index (χ0v) is 14.6. The van der Waals surface area contributed by atoms with Crippen molar-refractivity contribution >= 4 is 43.2 Å². The Hall–Kier alpha value is -1.04. The molecule has 0 saturated carbocycles. The molecule has 0 aliphatic heterocycles. The monoisotopic (exact) mass is 387 g/mol. The van der Waals surface area contributed by atoms with E-state index >= 15 is 0 Å². The van der Waals surface area contributed by atoms with Crippen LogP contribution in [0.2, 0.25) is 5.02 Å². The lowest BCUT2D eigenvalue weighted by atomic mass is 10.1. The molecule has 0 heterocycles. The van der Waals surface area contributed by atoms with Gasteiger partial charge in [-0.3, -0.25) is 4.72 Å². The lowest BCUT2D eigenvalue weighted by molar-refractivity contribution is 0.601. The maximum absolute atomic E-state index is 12.3. The van der Waals surface area contributed by atoms with E-state index in [0.29, 0.717) is 10.7 Å². The molecule has 0 unspecified atom stereocenters. The summed E-state index contributed by atoms with van der Waals surface area (Å²) in [6.45, 7) is 2.08. The van der Waals surface area contributed by atoms with Crippen LogP contribution in [0.1, 0.15) is 18.9 Å². The van der Waals surface area contributed by atoms with Crippen LogP contribution in [0.15, 0.2) is 51.8 Å². The molecule has 21 heavy (non-hydrogen) atoms. The van der Waals surface area contributed by atoms with Gasteiger partial charge in [-0.05, 0) is 48.4 Å². The zero-order chi connectivity index (χ0) is 15.5. The highest BCUT2D eigenvalue weighted by Crippen LogP contribution is 2.26. The van der Waals surface area contributed by atoms with Crippen LogP contribution in [0.5, 0.6) is 0 Å². The lowest BCUT2D eigenvalue weighted by Gasteiger charge is -2.11. The molecule has 0 aliphatic carbocycles. The first-order chi connectivity index (χ1) is 9.92. The fourth-order valence-corrected chi connectivity index (χ4v) is 3.55. The summed E-state index contributed by atoms with van der Waals surface area (Å²) in [5.41, 5.74) is 1.48. The molecule has 0 aliphatic rings. The van der Waals surface area contributed by atoms with Crippen LogP contribution in [0.25, 0.3) is 0 Å². The first-order valence-corrected chi connectivity index (χ1v) is 9.14. The molecule has 0 atom stereocenters. The van der Waals surface area contributed by atoms with E-state index in [1.807, 2.05) is 6.07 Å². The molecule has 0 amide bonds. The summed E-state index contributed by atoms with van der Waals surface area (Å²) in [5, 5.41) is 0.404. The van der Waals surface area contributed by atoms with Gasteiger partial charge >= 0.3 is 0 Å². The molecule has 2 aromatic rings. The van der Waals surface area contributed by atoms with Gasteiger partial charge in [0.25, 0.3) is 10.0 Å². The highest BCUT2D eigenvalue weighted by molar-refractivity contribution is 9.10. The summed E-state index contributed by atoms with van der Waals surface area (Å²) in [5.74, 6) is 0. The van der Waals surface area contributed by atoms with Gasteiger partial charge in [0.1, 0.15) is 0 Å². The van der Waals surface area contributed by atoms with Gasteiger partial charge < -0.3 is 0 Å². The number of sulfonamides is 1. The molecule has 0 aromatic heterocycles. The molecule has 0 saturated heterocycles. The minimum atomic E-state index is -3.63. The number of anilines is 1. The quantitative estimate of drug-likeness (QED) is 0.795. The fourth-order valence-electron chi connectivity index (χ4n) is 1.90. The molecule has 112 valence electrons. The maximum Gasteiger partial charge on any atom is 0.261 e. The third kappa shape index (κ3) is 4.22. The van der Waals surface area contributed by atoms with Gasteiger partial charge in [-0.15, -0.1) is 0 Å². The Balaban J connectivity index is 2.26. The Labute approximate surface area is 138 Å². The highest BCUT2D eigenvalue weighted by atomic mass is 79.9. The van der Waals surface area contributed by atoms with Gasteiger partial charge in [0, 0.05) is 4.47 Å². The van der Waals surface area contributed by atoms with Gasteiger partial charge in [-0.2, -0.15) is 0 Å². The Morgan fingerprint density at radius 1 is 1.14 bits per heavy atom. The second-order valence-electron chi connectivity index (χ2n) is 4.62. The summed E-state index contributed by atoms with van der Waals surface area (Å²) in [4.78, 5) is 0.194. The third-order valence-corrected chi connectivity index (χ3v) is 5.16. The van der Waals surface area contributed by atoms with Crippen molar-refractivity contribution in [1.82, 2.24) is 0 Å². The van der Waals surface area contributed by atoms with Crippen molar-refractivity contribution in [1.29, 1.82) is 0 Å². The summed E-state index contributed by atoms with van der Waals surface area (Å²) in [6, 6.07) is 11.8. The molecule has 0 fully saturated rings. The molecule has 6 heteroatoms. The molecule has 3 nitrogen and oxygen atoms in total. The normalized spacial score (nSPS) is 11.4. The van der Waals surface area contributed by atoms with Crippen molar-refractivity contribution in [3.63, 3.8) is 0 Å². The summed E-state index contributed by atoms with van der Waals surface area (Å²) in [6.07, 6.45) is 1.93. The minimum Gasteiger partial charge on any atom is -0.278 e. The Kier molecular flexibility index (Phi) is 5.30. The van der Waals surface area contributed by atoms with Crippen LogP contribution < -0.4 is 4.72 Å². The van der Waals surface area contributed by atoms with Crippen molar-refractivity contribution in [3.05, 3.63) is 57.5 Å². The Morgan fingerprint density at radius 2 is 1.81 bits per heavy atom. The largest absolute Gasteiger partial charge is 0.278 e. The summed E-state index contributed by atoms with van der Waals surface area (Å²) in [7, 11) is -3.63. The molecular weight excluding hydrogens is 374 g/mol. The number of hydrogen-bond acceptors (Lipinski definition) is 2. The molecular formula is C15H15BrClNO2S. The number of halogens is 2. The van der Waals surface area contributed by atoms with Crippen LogP contribution in [-0.2, 0) is 16.4 Å². The molecule has 2 rings (SSSR count). The van der Waals surface area contributed by atoms with E-state index in [4.69, 9.17) is 11.6 Å².